The molecule has 0 aliphatic rings. The first kappa shape index (κ1) is 23.8. The summed E-state index contributed by atoms with van der Waals surface area (Å²) >= 11 is 0. The number of ether oxygens (including phenoxy) is 2. The van der Waals surface area contributed by atoms with Crippen molar-refractivity contribution in [3.05, 3.63) is 83.9 Å². The predicted octanol–water partition coefficient (Wildman–Crippen LogP) is 5.82. The summed E-state index contributed by atoms with van der Waals surface area (Å²) in [5.74, 6) is -0.453. The average molecular weight is 458 g/mol. The van der Waals surface area contributed by atoms with E-state index in [1.165, 1.54) is 19.2 Å². The number of hydrogen-bond acceptors (Lipinski definition) is 4. The Hall–Kier alpha value is -3.85. The van der Waals surface area contributed by atoms with E-state index in [0.717, 1.165) is 12.1 Å². The molecule has 0 aromatic heterocycles. The maximum Gasteiger partial charge on any atom is 0.416 e. The Bertz CT molecular complexity index is 1120. The second-order valence-electron chi connectivity index (χ2n) is 6.91. The van der Waals surface area contributed by atoms with E-state index in [9.17, 15) is 22.8 Å². The lowest BCUT2D eigenvalue weighted by Crippen LogP contribution is -2.17. The van der Waals surface area contributed by atoms with Crippen molar-refractivity contribution in [3.8, 4) is 11.1 Å². The van der Waals surface area contributed by atoms with Gasteiger partial charge in [0.15, 0.2) is 0 Å². The minimum absolute atomic E-state index is 0.0967. The number of amides is 2. The fraction of sp³-hybridized carbons (Fsp3) is 0.167. The molecule has 172 valence electrons. The fourth-order valence-corrected chi connectivity index (χ4v) is 3.02. The van der Waals surface area contributed by atoms with Crippen molar-refractivity contribution in [2.24, 2.45) is 0 Å². The SMILES string of the molecule is COCCOC(=O)Nc1cccc(NC(=O)c2ccccc2-c2ccc(C(F)(F)F)cc2)c1. The van der Waals surface area contributed by atoms with Crippen molar-refractivity contribution in [2.75, 3.05) is 31.0 Å². The molecule has 0 saturated heterocycles. The van der Waals surface area contributed by atoms with Crippen LogP contribution in [0.25, 0.3) is 11.1 Å². The van der Waals surface area contributed by atoms with Crippen LogP contribution in [0.3, 0.4) is 0 Å². The van der Waals surface area contributed by atoms with Crippen LogP contribution < -0.4 is 10.6 Å². The predicted molar refractivity (Wildman–Crippen MR) is 118 cm³/mol. The molecule has 3 aromatic carbocycles. The summed E-state index contributed by atoms with van der Waals surface area (Å²) in [6.07, 6.45) is -5.10. The lowest BCUT2D eigenvalue weighted by atomic mass is 9.98. The summed E-state index contributed by atoms with van der Waals surface area (Å²) in [7, 11) is 1.49. The zero-order valence-corrected chi connectivity index (χ0v) is 17.6. The summed E-state index contributed by atoms with van der Waals surface area (Å²) in [5, 5.41) is 5.29. The number of halogens is 3. The van der Waals surface area contributed by atoms with E-state index >= 15 is 0 Å². The molecule has 0 bridgehead atoms. The van der Waals surface area contributed by atoms with Gasteiger partial charge in [-0.1, -0.05) is 36.4 Å². The molecule has 0 heterocycles. The summed E-state index contributed by atoms with van der Waals surface area (Å²) < 4.78 is 48.3. The van der Waals surface area contributed by atoms with Gasteiger partial charge in [-0.3, -0.25) is 10.1 Å². The maximum absolute atomic E-state index is 12.9. The first-order valence-corrected chi connectivity index (χ1v) is 9.89. The molecule has 0 aliphatic carbocycles. The van der Waals surface area contributed by atoms with E-state index in [4.69, 9.17) is 9.47 Å². The first-order chi connectivity index (χ1) is 15.8. The van der Waals surface area contributed by atoms with Crippen molar-refractivity contribution in [3.63, 3.8) is 0 Å². The fourth-order valence-electron chi connectivity index (χ4n) is 3.02. The normalized spacial score (nSPS) is 11.0. The van der Waals surface area contributed by atoms with Crippen LogP contribution in [0.4, 0.5) is 29.3 Å². The molecule has 0 atom stereocenters. The molecule has 2 amide bonds. The summed E-state index contributed by atoms with van der Waals surface area (Å²) in [5.41, 5.74) is 1.30. The highest BCUT2D eigenvalue weighted by molar-refractivity contribution is 6.09. The monoisotopic (exact) mass is 458 g/mol. The first-order valence-electron chi connectivity index (χ1n) is 9.89. The molecule has 3 aromatic rings. The van der Waals surface area contributed by atoms with Gasteiger partial charge in [-0.15, -0.1) is 0 Å². The second-order valence-corrected chi connectivity index (χ2v) is 6.91. The number of nitrogens with one attached hydrogen (secondary N) is 2. The number of rotatable bonds is 7. The van der Waals surface area contributed by atoms with Crippen LogP contribution >= 0.6 is 0 Å². The minimum Gasteiger partial charge on any atom is -0.447 e. The highest BCUT2D eigenvalue weighted by atomic mass is 19.4. The Morgan fingerprint density at radius 3 is 2.18 bits per heavy atom. The molecular weight excluding hydrogens is 437 g/mol. The Morgan fingerprint density at radius 1 is 0.848 bits per heavy atom. The second kappa shape index (κ2) is 10.6. The molecule has 0 radical (unpaired) electrons. The number of alkyl halides is 3. The van der Waals surface area contributed by atoms with E-state index in [-0.39, 0.29) is 18.8 Å². The van der Waals surface area contributed by atoms with E-state index in [0.29, 0.717) is 22.5 Å². The van der Waals surface area contributed by atoms with E-state index in [1.54, 1.807) is 48.5 Å². The Morgan fingerprint density at radius 2 is 1.52 bits per heavy atom. The lowest BCUT2D eigenvalue weighted by Gasteiger charge is -2.13. The van der Waals surface area contributed by atoms with Gasteiger partial charge < -0.3 is 14.8 Å². The summed E-state index contributed by atoms with van der Waals surface area (Å²) in [4.78, 5) is 24.7. The van der Waals surface area contributed by atoms with E-state index in [1.807, 2.05) is 0 Å². The highest BCUT2D eigenvalue weighted by Gasteiger charge is 2.30. The van der Waals surface area contributed by atoms with Gasteiger partial charge >= 0.3 is 12.3 Å². The van der Waals surface area contributed by atoms with Crippen LogP contribution in [0.1, 0.15) is 15.9 Å². The molecule has 0 saturated carbocycles. The number of benzene rings is 3. The third kappa shape index (κ3) is 6.56. The number of methoxy groups -OCH3 is 1. The molecule has 0 aliphatic heterocycles. The Labute approximate surface area is 188 Å². The zero-order valence-electron chi connectivity index (χ0n) is 17.6. The van der Waals surface area contributed by atoms with E-state index < -0.39 is 23.7 Å². The molecule has 6 nitrogen and oxygen atoms in total. The van der Waals surface area contributed by atoms with Gasteiger partial charge in [0.2, 0.25) is 0 Å². The molecule has 33 heavy (non-hydrogen) atoms. The Kier molecular flexibility index (Phi) is 7.68. The number of carbonyl (C=O) groups excluding carboxylic acids is 2. The lowest BCUT2D eigenvalue weighted by molar-refractivity contribution is -0.137. The number of anilines is 2. The van der Waals surface area contributed by atoms with Crippen molar-refractivity contribution in [2.45, 2.75) is 6.18 Å². The van der Waals surface area contributed by atoms with Gasteiger partial charge in [-0.2, -0.15) is 13.2 Å². The topological polar surface area (TPSA) is 76.7 Å². The van der Waals surface area contributed by atoms with Gasteiger partial charge in [-0.25, -0.2) is 4.79 Å². The van der Waals surface area contributed by atoms with Crippen LogP contribution in [0.2, 0.25) is 0 Å². The van der Waals surface area contributed by atoms with Crippen molar-refractivity contribution in [1.29, 1.82) is 0 Å². The molecule has 3 rings (SSSR count). The molecule has 9 heteroatoms. The van der Waals surface area contributed by atoms with E-state index in [2.05, 4.69) is 10.6 Å². The van der Waals surface area contributed by atoms with Gasteiger partial charge in [-0.05, 0) is 47.5 Å². The van der Waals surface area contributed by atoms with Gasteiger partial charge in [0.25, 0.3) is 5.91 Å². The van der Waals surface area contributed by atoms with Crippen molar-refractivity contribution in [1.82, 2.24) is 0 Å². The number of carbonyl (C=O) groups is 2. The quantitative estimate of drug-likeness (QED) is 0.438. The van der Waals surface area contributed by atoms with Crippen LogP contribution in [0.15, 0.2) is 72.8 Å². The van der Waals surface area contributed by atoms with Gasteiger partial charge in [0, 0.05) is 24.0 Å². The molecule has 2 N–H and O–H groups in total. The van der Waals surface area contributed by atoms with Crippen LogP contribution in [-0.2, 0) is 15.7 Å². The summed E-state index contributed by atoms with van der Waals surface area (Å²) in [6, 6.07) is 17.7. The van der Waals surface area contributed by atoms with Crippen LogP contribution in [-0.4, -0.2) is 32.3 Å². The molecule has 0 unspecified atom stereocenters. The molecule has 0 fully saturated rings. The number of hydrogen-bond donors (Lipinski definition) is 2. The molecular formula is C24H21F3N2O4. The van der Waals surface area contributed by atoms with Crippen molar-refractivity contribution < 1.29 is 32.2 Å². The Balaban J connectivity index is 1.75. The summed E-state index contributed by atoms with van der Waals surface area (Å²) in [6.45, 7) is 0.362. The minimum atomic E-state index is -4.44. The maximum atomic E-state index is 12.9. The van der Waals surface area contributed by atoms with Crippen LogP contribution in [0.5, 0.6) is 0 Å². The largest absolute Gasteiger partial charge is 0.447 e. The molecule has 0 spiro atoms. The van der Waals surface area contributed by atoms with Crippen LogP contribution in [0, 0.1) is 0 Å². The third-order valence-electron chi connectivity index (χ3n) is 4.58. The zero-order chi connectivity index (χ0) is 23.8. The van der Waals surface area contributed by atoms with Crippen molar-refractivity contribution >= 4 is 23.4 Å². The standard InChI is InChI=1S/C24H21F3N2O4/c1-32-13-14-33-23(31)29-19-6-4-5-18(15-19)28-22(30)21-8-3-2-7-20(21)16-9-11-17(12-10-16)24(25,26)27/h2-12,15H,13-14H2,1H3,(H,28,30)(H,29,31). The highest BCUT2D eigenvalue weighted by Crippen LogP contribution is 2.32. The van der Waals surface area contributed by atoms with Gasteiger partial charge in [0.05, 0.1) is 12.2 Å². The smallest absolute Gasteiger partial charge is 0.416 e. The average Bonchev–Trinajstić information content (AvgIpc) is 2.79. The van der Waals surface area contributed by atoms with Gasteiger partial charge in [0.1, 0.15) is 6.61 Å². The third-order valence-corrected chi connectivity index (χ3v) is 4.58.